The second-order valence-electron chi connectivity index (χ2n) is 7.34. The number of urea groups is 1. The summed E-state index contributed by atoms with van der Waals surface area (Å²) < 4.78 is 5.13. The van der Waals surface area contributed by atoms with Crippen molar-refractivity contribution >= 4 is 23.8 Å². The van der Waals surface area contributed by atoms with Crippen LogP contribution in [0.4, 0.5) is 4.79 Å². The van der Waals surface area contributed by atoms with Gasteiger partial charge in [-0.2, -0.15) is 0 Å². The van der Waals surface area contributed by atoms with Gasteiger partial charge in [0, 0.05) is 0 Å². The number of rotatable bonds is 8. The summed E-state index contributed by atoms with van der Waals surface area (Å²) in [6.45, 7) is 6.03. The molecule has 1 aromatic rings. The van der Waals surface area contributed by atoms with E-state index >= 15 is 0 Å². The molecule has 8 nitrogen and oxygen atoms in total. The van der Waals surface area contributed by atoms with Gasteiger partial charge in [0.1, 0.15) is 12.1 Å². The molecule has 0 bridgehead atoms. The van der Waals surface area contributed by atoms with Gasteiger partial charge < -0.3 is 15.4 Å². The van der Waals surface area contributed by atoms with Crippen LogP contribution in [-0.2, 0) is 19.1 Å². The van der Waals surface area contributed by atoms with E-state index in [0.29, 0.717) is 0 Å². The van der Waals surface area contributed by atoms with E-state index in [-0.39, 0.29) is 6.04 Å². The van der Waals surface area contributed by atoms with E-state index in [1.54, 1.807) is 13.8 Å². The van der Waals surface area contributed by atoms with Crippen molar-refractivity contribution < 1.29 is 23.9 Å². The first-order chi connectivity index (χ1) is 13.2. The Labute approximate surface area is 164 Å². The topological polar surface area (TPSA) is 105 Å². The number of imide groups is 1. The van der Waals surface area contributed by atoms with Crippen LogP contribution >= 0.6 is 0 Å². The fourth-order valence-corrected chi connectivity index (χ4v) is 2.96. The van der Waals surface area contributed by atoms with E-state index < -0.39 is 42.0 Å². The highest BCUT2D eigenvalue weighted by Crippen LogP contribution is 2.19. The predicted molar refractivity (Wildman–Crippen MR) is 102 cm³/mol. The highest BCUT2D eigenvalue weighted by molar-refractivity contribution is 6.08. The maximum absolute atomic E-state index is 12.5. The molecule has 28 heavy (non-hydrogen) atoms. The molecule has 2 unspecified atom stereocenters. The highest BCUT2D eigenvalue weighted by Gasteiger charge is 2.45. The third-order valence-corrected chi connectivity index (χ3v) is 4.50. The Balaban J connectivity index is 1.93. The number of benzene rings is 1. The van der Waals surface area contributed by atoms with E-state index in [1.807, 2.05) is 37.3 Å². The number of ether oxygens (including phenoxy) is 1. The number of carbonyl (C=O) groups is 4. The predicted octanol–water partition coefficient (Wildman–Crippen LogP) is 1.91. The van der Waals surface area contributed by atoms with Crippen LogP contribution in [0.15, 0.2) is 30.3 Å². The zero-order valence-electron chi connectivity index (χ0n) is 16.7. The van der Waals surface area contributed by atoms with Gasteiger partial charge in [0.15, 0.2) is 6.10 Å². The summed E-state index contributed by atoms with van der Waals surface area (Å²) in [4.78, 5) is 49.3. The molecule has 2 N–H and O–H groups in total. The number of carbonyl (C=O) groups excluding carboxylic acids is 4. The lowest BCUT2D eigenvalue weighted by Crippen LogP contribution is -2.43. The van der Waals surface area contributed by atoms with E-state index in [9.17, 15) is 19.2 Å². The van der Waals surface area contributed by atoms with Crippen molar-refractivity contribution in [2.75, 3.05) is 6.54 Å². The lowest BCUT2D eigenvalue weighted by atomic mass is 10.0. The lowest BCUT2D eigenvalue weighted by molar-refractivity contribution is -0.156. The molecule has 0 radical (unpaired) electrons. The molecular weight excluding hydrogens is 362 g/mol. The summed E-state index contributed by atoms with van der Waals surface area (Å²) in [7, 11) is 0. The van der Waals surface area contributed by atoms with Crippen LogP contribution in [0.2, 0.25) is 0 Å². The molecule has 4 amide bonds. The molecule has 1 fully saturated rings. The summed E-state index contributed by atoms with van der Waals surface area (Å²) in [5.74, 6) is -1.78. The molecular formula is C20H27N3O5. The van der Waals surface area contributed by atoms with E-state index in [2.05, 4.69) is 10.6 Å². The molecule has 8 heteroatoms. The monoisotopic (exact) mass is 389 g/mol. The van der Waals surface area contributed by atoms with E-state index in [4.69, 9.17) is 4.74 Å². The van der Waals surface area contributed by atoms with Gasteiger partial charge in [-0.15, -0.1) is 0 Å². The van der Waals surface area contributed by atoms with Crippen LogP contribution < -0.4 is 10.6 Å². The second-order valence-corrected chi connectivity index (χ2v) is 7.34. The van der Waals surface area contributed by atoms with Crippen molar-refractivity contribution in [3.63, 3.8) is 0 Å². The molecule has 1 saturated heterocycles. The van der Waals surface area contributed by atoms with Gasteiger partial charge in [0.25, 0.3) is 11.8 Å². The SMILES string of the molecule is CCCC(NC(=O)C(C)OC(=O)CN1C(=O)NC(C)(C)C1=O)c1ccccc1. The summed E-state index contributed by atoms with van der Waals surface area (Å²) in [5, 5.41) is 5.37. The average molecular weight is 389 g/mol. The molecule has 2 atom stereocenters. The molecule has 0 saturated carbocycles. The summed E-state index contributed by atoms with van der Waals surface area (Å²) in [5.41, 5.74) is -0.0959. The van der Waals surface area contributed by atoms with Crippen LogP contribution in [0.1, 0.15) is 52.1 Å². The Morgan fingerprint density at radius 2 is 1.86 bits per heavy atom. The van der Waals surface area contributed by atoms with Crippen molar-refractivity contribution in [2.24, 2.45) is 0 Å². The second kappa shape index (κ2) is 8.86. The number of hydrogen-bond donors (Lipinski definition) is 2. The van der Waals surface area contributed by atoms with Crippen molar-refractivity contribution in [3.05, 3.63) is 35.9 Å². The molecule has 1 heterocycles. The molecule has 1 aliphatic rings. The van der Waals surface area contributed by atoms with E-state index in [1.165, 1.54) is 6.92 Å². The minimum atomic E-state index is -1.07. The fraction of sp³-hybridized carbons (Fsp3) is 0.500. The molecule has 0 spiro atoms. The highest BCUT2D eigenvalue weighted by atomic mass is 16.5. The fourth-order valence-electron chi connectivity index (χ4n) is 2.96. The van der Waals surface area contributed by atoms with Crippen LogP contribution in [-0.4, -0.2) is 46.9 Å². The third-order valence-electron chi connectivity index (χ3n) is 4.50. The Kier molecular flexibility index (Phi) is 6.77. The first-order valence-corrected chi connectivity index (χ1v) is 9.34. The van der Waals surface area contributed by atoms with Gasteiger partial charge >= 0.3 is 12.0 Å². The maximum Gasteiger partial charge on any atom is 0.327 e. The van der Waals surface area contributed by atoms with Crippen molar-refractivity contribution in [1.82, 2.24) is 15.5 Å². The quantitative estimate of drug-likeness (QED) is 0.522. The number of nitrogens with zero attached hydrogens (tertiary/aromatic N) is 1. The van der Waals surface area contributed by atoms with Crippen LogP contribution in [0.5, 0.6) is 0 Å². The summed E-state index contributed by atoms with van der Waals surface area (Å²) in [6.07, 6.45) is 0.563. The first kappa shape index (κ1) is 21.4. The number of amides is 4. The standard InChI is InChI=1S/C20H27N3O5/c1-5-9-15(14-10-7-6-8-11-14)21-17(25)13(2)28-16(24)12-23-18(26)20(3,4)22-19(23)27/h6-8,10-11,13,15H,5,9,12H2,1-4H3,(H,21,25)(H,22,27). The largest absolute Gasteiger partial charge is 0.451 e. The Hall–Kier alpha value is -2.90. The van der Waals surface area contributed by atoms with Crippen LogP contribution in [0.25, 0.3) is 0 Å². The van der Waals surface area contributed by atoms with Gasteiger partial charge in [-0.25, -0.2) is 4.79 Å². The summed E-state index contributed by atoms with van der Waals surface area (Å²) in [6, 6.07) is 8.70. The van der Waals surface area contributed by atoms with Crippen molar-refractivity contribution in [2.45, 2.75) is 58.2 Å². The number of nitrogens with one attached hydrogen (secondary N) is 2. The van der Waals surface area contributed by atoms with Gasteiger partial charge in [-0.05, 0) is 32.8 Å². The van der Waals surface area contributed by atoms with Gasteiger partial charge in [-0.1, -0.05) is 43.7 Å². The van der Waals surface area contributed by atoms with Crippen LogP contribution in [0, 0.1) is 0 Å². The minimum Gasteiger partial charge on any atom is -0.451 e. The molecule has 2 rings (SSSR count). The Morgan fingerprint density at radius 1 is 1.21 bits per heavy atom. The molecule has 152 valence electrons. The molecule has 0 aromatic heterocycles. The molecule has 0 aliphatic carbocycles. The van der Waals surface area contributed by atoms with Crippen LogP contribution in [0.3, 0.4) is 0 Å². The maximum atomic E-state index is 12.5. The van der Waals surface area contributed by atoms with Gasteiger partial charge in [0.05, 0.1) is 6.04 Å². The number of esters is 1. The molecule has 1 aromatic carbocycles. The number of hydrogen-bond acceptors (Lipinski definition) is 5. The zero-order chi connectivity index (χ0) is 20.9. The first-order valence-electron chi connectivity index (χ1n) is 9.34. The van der Waals surface area contributed by atoms with Gasteiger partial charge in [-0.3, -0.25) is 19.3 Å². The van der Waals surface area contributed by atoms with Gasteiger partial charge in [0.2, 0.25) is 0 Å². The molecule has 1 aliphatic heterocycles. The zero-order valence-corrected chi connectivity index (χ0v) is 16.7. The lowest BCUT2D eigenvalue weighted by Gasteiger charge is -2.22. The minimum absolute atomic E-state index is 0.188. The van der Waals surface area contributed by atoms with Crippen molar-refractivity contribution in [1.29, 1.82) is 0 Å². The average Bonchev–Trinajstić information content (AvgIpc) is 2.83. The third kappa shape index (κ3) is 5.09. The smallest absolute Gasteiger partial charge is 0.327 e. The normalized spacial score (nSPS) is 17.6. The Morgan fingerprint density at radius 3 is 2.39 bits per heavy atom. The van der Waals surface area contributed by atoms with Crippen molar-refractivity contribution in [3.8, 4) is 0 Å². The Bertz CT molecular complexity index is 747. The summed E-state index contributed by atoms with van der Waals surface area (Å²) >= 11 is 0. The van der Waals surface area contributed by atoms with E-state index in [0.717, 1.165) is 23.3 Å².